The number of halogens is 2. The summed E-state index contributed by atoms with van der Waals surface area (Å²) < 4.78 is 14.7. The fourth-order valence-electron chi connectivity index (χ4n) is 2.63. The maximum absolute atomic E-state index is 13.0. The minimum atomic E-state index is -0.249. The number of piperazine rings is 1. The van der Waals surface area contributed by atoms with Crippen molar-refractivity contribution in [1.29, 1.82) is 0 Å². The lowest BCUT2D eigenvalue weighted by atomic mass is 10.2. The Morgan fingerprint density at radius 3 is 2.54 bits per heavy atom. The van der Waals surface area contributed by atoms with Crippen LogP contribution in [0.1, 0.15) is 16.8 Å². The summed E-state index contributed by atoms with van der Waals surface area (Å²) in [6.07, 6.45) is 1.79. The molecular weight excluding hydrogens is 329 g/mol. The zero-order chi connectivity index (χ0) is 17.1. The van der Waals surface area contributed by atoms with Crippen molar-refractivity contribution < 1.29 is 4.39 Å². The van der Waals surface area contributed by atoms with Crippen LogP contribution in [0.5, 0.6) is 0 Å². The first-order valence-corrected chi connectivity index (χ1v) is 8.35. The van der Waals surface area contributed by atoms with Crippen LogP contribution < -0.4 is 0 Å². The van der Waals surface area contributed by atoms with Gasteiger partial charge < -0.3 is 4.90 Å². The predicted molar refractivity (Wildman–Crippen MR) is 94.1 cm³/mol. The number of hydrogen-bond acceptors (Lipinski definition) is 4. The van der Waals surface area contributed by atoms with E-state index in [1.807, 2.05) is 11.9 Å². The van der Waals surface area contributed by atoms with Crippen molar-refractivity contribution in [2.24, 2.45) is 5.10 Å². The predicted octanol–water partition coefficient (Wildman–Crippen LogP) is 2.61. The molecule has 0 atom stereocenters. The maximum Gasteiger partial charge on any atom is 0.136 e. The van der Waals surface area contributed by atoms with Gasteiger partial charge in [0, 0.05) is 26.2 Å². The van der Waals surface area contributed by atoms with Crippen LogP contribution in [0.25, 0.3) is 0 Å². The summed E-state index contributed by atoms with van der Waals surface area (Å²) in [5.41, 5.74) is 2.61. The van der Waals surface area contributed by atoms with Crippen molar-refractivity contribution in [2.75, 3.05) is 33.2 Å². The first kappa shape index (κ1) is 16.9. The first-order valence-electron chi connectivity index (χ1n) is 7.98. The number of hydrogen-bond donors (Lipinski definition) is 0. The number of hydrazone groups is 1. The Morgan fingerprint density at radius 1 is 1.21 bits per heavy atom. The molecular formula is C17H21ClFN5. The number of likely N-dealkylation sites (N-methyl/N-ethyl adjacent to an activating group) is 1. The van der Waals surface area contributed by atoms with Gasteiger partial charge in [0.25, 0.3) is 0 Å². The lowest BCUT2D eigenvalue weighted by Crippen LogP contribution is -2.41. The van der Waals surface area contributed by atoms with Gasteiger partial charge in [-0.1, -0.05) is 23.7 Å². The van der Waals surface area contributed by atoms with Gasteiger partial charge in [0.2, 0.25) is 0 Å². The Morgan fingerprint density at radius 2 is 1.88 bits per heavy atom. The van der Waals surface area contributed by atoms with E-state index in [4.69, 9.17) is 11.6 Å². The van der Waals surface area contributed by atoms with Gasteiger partial charge >= 0.3 is 0 Å². The van der Waals surface area contributed by atoms with Crippen molar-refractivity contribution in [3.8, 4) is 0 Å². The fraction of sp³-hybridized carbons (Fsp3) is 0.412. The third-order valence-corrected chi connectivity index (χ3v) is 4.58. The molecule has 24 heavy (non-hydrogen) atoms. The van der Waals surface area contributed by atoms with Crippen molar-refractivity contribution in [3.63, 3.8) is 0 Å². The van der Waals surface area contributed by atoms with Crippen LogP contribution in [0.3, 0.4) is 0 Å². The highest BCUT2D eigenvalue weighted by atomic mass is 35.5. The van der Waals surface area contributed by atoms with Gasteiger partial charge in [0.1, 0.15) is 11.0 Å². The van der Waals surface area contributed by atoms with Crippen LogP contribution in [0.4, 0.5) is 4.39 Å². The van der Waals surface area contributed by atoms with Gasteiger partial charge in [-0.2, -0.15) is 10.2 Å². The van der Waals surface area contributed by atoms with E-state index in [2.05, 4.69) is 22.1 Å². The largest absolute Gasteiger partial charge is 0.303 e. The molecule has 1 aromatic carbocycles. The van der Waals surface area contributed by atoms with Gasteiger partial charge in [-0.3, -0.25) is 5.01 Å². The Balaban J connectivity index is 1.73. The molecule has 1 aliphatic rings. The molecule has 1 aliphatic heterocycles. The summed E-state index contributed by atoms with van der Waals surface area (Å²) >= 11 is 6.46. The third kappa shape index (κ3) is 3.94. The summed E-state index contributed by atoms with van der Waals surface area (Å²) in [5, 5.41) is 11.6. The van der Waals surface area contributed by atoms with E-state index in [9.17, 15) is 4.39 Å². The second-order valence-corrected chi connectivity index (χ2v) is 6.43. The minimum absolute atomic E-state index is 0.249. The molecule has 2 aromatic rings. The Labute approximate surface area is 146 Å². The van der Waals surface area contributed by atoms with Gasteiger partial charge in [-0.15, -0.1) is 0 Å². The molecule has 1 aromatic heterocycles. The normalized spacial score (nSPS) is 16.2. The lowest BCUT2D eigenvalue weighted by molar-refractivity contribution is 0.159. The monoisotopic (exact) mass is 349 g/mol. The molecule has 1 saturated heterocycles. The van der Waals surface area contributed by atoms with Crippen LogP contribution in [-0.4, -0.2) is 59.1 Å². The quantitative estimate of drug-likeness (QED) is 0.796. The molecule has 0 saturated carbocycles. The number of aromatic nitrogens is 2. The molecule has 0 amide bonds. The molecule has 7 heteroatoms. The van der Waals surface area contributed by atoms with E-state index in [1.54, 1.807) is 23.0 Å². The van der Waals surface area contributed by atoms with Gasteiger partial charge in [0.15, 0.2) is 0 Å². The molecule has 0 N–H and O–H groups in total. The van der Waals surface area contributed by atoms with Crippen molar-refractivity contribution in [3.05, 3.63) is 52.1 Å². The van der Waals surface area contributed by atoms with Crippen LogP contribution in [0, 0.1) is 12.7 Å². The molecule has 0 spiro atoms. The summed E-state index contributed by atoms with van der Waals surface area (Å²) in [4.78, 5) is 2.28. The molecule has 0 aliphatic carbocycles. The van der Waals surface area contributed by atoms with Gasteiger partial charge in [-0.25, -0.2) is 9.07 Å². The first-order chi connectivity index (χ1) is 11.5. The second kappa shape index (κ2) is 7.32. The van der Waals surface area contributed by atoms with E-state index < -0.39 is 0 Å². The van der Waals surface area contributed by atoms with Crippen molar-refractivity contribution >= 4 is 17.8 Å². The molecule has 2 heterocycles. The van der Waals surface area contributed by atoms with Crippen LogP contribution in [-0.2, 0) is 6.54 Å². The third-order valence-electron chi connectivity index (χ3n) is 4.18. The summed E-state index contributed by atoms with van der Waals surface area (Å²) in [5.74, 6) is -0.249. The Bertz CT molecular complexity index is 717. The van der Waals surface area contributed by atoms with Crippen LogP contribution in [0.15, 0.2) is 29.4 Å². The summed E-state index contributed by atoms with van der Waals surface area (Å²) in [6.45, 7) is 6.25. The van der Waals surface area contributed by atoms with Crippen molar-refractivity contribution in [1.82, 2.24) is 19.7 Å². The zero-order valence-corrected chi connectivity index (χ0v) is 14.7. The standard InChI is InChI=1S/C17H21ClFN5/c1-13-16(11-20-23-9-7-22(2)8-10-23)17(18)24(21-13)12-14-3-5-15(19)6-4-14/h3-6,11H,7-10,12H2,1-2H3/b20-11-. The van der Waals surface area contributed by atoms with E-state index in [1.165, 1.54) is 12.1 Å². The zero-order valence-electron chi connectivity index (χ0n) is 13.9. The molecule has 5 nitrogen and oxygen atoms in total. The summed E-state index contributed by atoms with van der Waals surface area (Å²) in [7, 11) is 2.11. The van der Waals surface area contributed by atoms with Gasteiger partial charge in [0.05, 0.1) is 24.0 Å². The fourth-order valence-corrected chi connectivity index (χ4v) is 2.92. The SMILES string of the molecule is Cc1nn(Cc2ccc(F)cc2)c(Cl)c1/C=N\N1CCN(C)CC1. The molecule has 128 valence electrons. The molecule has 0 radical (unpaired) electrons. The number of rotatable bonds is 4. The average Bonchev–Trinajstić information content (AvgIpc) is 2.83. The highest BCUT2D eigenvalue weighted by Crippen LogP contribution is 2.19. The summed E-state index contributed by atoms with van der Waals surface area (Å²) in [6, 6.07) is 6.35. The van der Waals surface area contributed by atoms with E-state index >= 15 is 0 Å². The highest BCUT2D eigenvalue weighted by molar-refractivity contribution is 6.32. The van der Waals surface area contributed by atoms with Crippen LogP contribution in [0.2, 0.25) is 5.15 Å². The molecule has 3 rings (SSSR count). The maximum atomic E-state index is 13.0. The molecule has 1 fully saturated rings. The van der Waals surface area contributed by atoms with Gasteiger partial charge in [-0.05, 0) is 31.7 Å². The number of nitrogens with zero attached hydrogens (tertiary/aromatic N) is 5. The van der Waals surface area contributed by atoms with E-state index in [0.717, 1.165) is 43.0 Å². The Kier molecular flexibility index (Phi) is 5.16. The number of benzene rings is 1. The van der Waals surface area contributed by atoms with E-state index in [-0.39, 0.29) is 5.82 Å². The van der Waals surface area contributed by atoms with E-state index in [0.29, 0.717) is 11.7 Å². The van der Waals surface area contributed by atoms with Crippen LogP contribution >= 0.6 is 11.6 Å². The van der Waals surface area contributed by atoms with Crippen molar-refractivity contribution in [2.45, 2.75) is 13.5 Å². The second-order valence-electron chi connectivity index (χ2n) is 6.08. The number of aryl methyl sites for hydroxylation is 1. The average molecular weight is 350 g/mol. The minimum Gasteiger partial charge on any atom is -0.303 e. The topological polar surface area (TPSA) is 36.7 Å². The lowest BCUT2D eigenvalue weighted by Gasteiger charge is -2.30. The molecule has 0 unspecified atom stereocenters. The smallest absolute Gasteiger partial charge is 0.136 e. The Hall–Kier alpha value is -1.92. The molecule has 0 bridgehead atoms. The highest BCUT2D eigenvalue weighted by Gasteiger charge is 2.14.